The molecule has 8 nitrogen and oxygen atoms in total. The highest BCUT2D eigenvalue weighted by Crippen LogP contribution is 2.29. The van der Waals surface area contributed by atoms with Gasteiger partial charge in [-0.2, -0.15) is 0 Å². The molecule has 0 fully saturated rings. The van der Waals surface area contributed by atoms with Gasteiger partial charge in [0.1, 0.15) is 6.33 Å². The fourth-order valence-electron chi connectivity index (χ4n) is 1.83. The lowest BCUT2D eigenvalue weighted by atomic mass is 10.1. The fourth-order valence-corrected chi connectivity index (χ4v) is 1.83. The Balaban J connectivity index is 2.97. The molecule has 0 saturated carbocycles. The smallest absolute Gasteiger partial charge is 0.353 e. The van der Waals surface area contributed by atoms with E-state index in [0.717, 1.165) is 6.42 Å². The molecule has 112 valence electrons. The quantitative estimate of drug-likeness (QED) is 0.492. The lowest BCUT2D eigenvalue weighted by Gasteiger charge is -2.16. The Bertz CT molecular complexity index is 453. The Hall–Kier alpha value is -1.96. The van der Waals surface area contributed by atoms with Crippen molar-refractivity contribution >= 4 is 17.3 Å². The third kappa shape index (κ3) is 4.61. The summed E-state index contributed by atoms with van der Waals surface area (Å²) in [7, 11) is 0. The Morgan fingerprint density at radius 3 is 2.60 bits per heavy atom. The van der Waals surface area contributed by atoms with Crippen LogP contribution in [0, 0.1) is 10.1 Å². The van der Waals surface area contributed by atoms with E-state index in [9.17, 15) is 15.2 Å². The molecular weight excluding hydrogens is 262 g/mol. The largest absolute Gasteiger partial charge is 0.393 e. The van der Waals surface area contributed by atoms with Crippen molar-refractivity contribution in [1.82, 2.24) is 9.97 Å². The van der Waals surface area contributed by atoms with Crippen molar-refractivity contribution in [3.8, 4) is 0 Å². The first-order chi connectivity index (χ1) is 9.45. The van der Waals surface area contributed by atoms with Crippen LogP contribution < -0.4 is 10.6 Å². The predicted octanol–water partition coefficient (Wildman–Crippen LogP) is 1.78. The standard InChI is InChI=1S/C12H21N5O3/c1-4-5-13-11-10(17(19)20)12(15-7-14-11)16-8(2)6-9(3)18/h7-9,18H,4-6H2,1-3H3,(H2,13,14,15,16). The van der Waals surface area contributed by atoms with E-state index < -0.39 is 11.0 Å². The first-order valence-corrected chi connectivity index (χ1v) is 6.63. The van der Waals surface area contributed by atoms with Crippen LogP contribution in [0.5, 0.6) is 0 Å². The average Bonchev–Trinajstić information content (AvgIpc) is 2.34. The number of hydrogen-bond donors (Lipinski definition) is 3. The van der Waals surface area contributed by atoms with Gasteiger partial charge < -0.3 is 15.7 Å². The molecule has 1 rings (SSSR count). The number of anilines is 2. The zero-order chi connectivity index (χ0) is 15.1. The molecule has 1 aromatic rings. The lowest BCUT2D eigenvalue weighted by molar-refractivity contribution is -0.383. The molecule has 8 heteroatoms. The average molecular weight is 283 g/mol. The molecule has 20 heavy (non-hydrogen) atoms. The maximum absolute atomic E-state index is 11.2. The van der Waals surface area contributed by atoms with Crippen molar-refractivity contribution in [3.05, 3.63) is 16.4 Å². The molecule has 0 aliphatic carbocycles. The van der Waals surface area contributed by atoms with E-state index in [2.05, 4.69) is 20.6 Å². The van der Waals surface area contributed by atoms with Gasteiger partial charge in [0.05, 0.1) is 11.0 Å². The second kappa shape index (κ2) is 7.59. The summed E-state index contributed by atoms with van der Waals surface area (Å²) >= 11 is 0. The lowest BCUT2D eigenvalue weighted by Crippen LogP contribution is -2.22. The molecule has 0 saturated heterocycles. The summed E-state index contributed by atoms with van der Waals surface area (Å²) in [5, 5.41) is 26.4. The van der Waals surface area contributed by atoms with Crippen LogP contribution in [0.3, 0.4) is 0 Å². The summed E-state index contributed by atoms with van der Waals surface area (Å²) < 4.78 is 0. The predicted molar refractivity (Wildman–Crippen MR) is 76.8 cm³/mol. The van der Waals surface area contributed by atoms with Crippen molar-refractivity contribution in [2.24, 2.45) is 0 Å². The van der Waals surface area contributed by atoms with Gasteiger partial charge in [-0.05, 0) is 26.7 Å². The molecule has 3 N–H and O–H groups in total. The van der Waals surface area contributed by atoms with E-state index in [-0.39, 0.29) is 23.4 Å². The number of rotatable bonds is 8. The molecule has 2 atom stereocenters. The van der Waals surface area contributed by atoms with Crippen LogP contribution >= 0.6 is 0 Å². The molecule has 2 unspecified atom stereocenters. The van der Waals surface area contributed by atoms with E-state index in [0.29, 0.717) is 13.0 Å². The van der Waals surface area contributed by atoms with Gasteiger partial charge in [-0.25, -0.2) is 9.97 Å². The second-order valence-electron chi connectivity index (χ2n) is 4.73. The van der Waals surface area contributed by atoms with E-state index in [4.69, 9.17) is 0 Å². The summed E-state index contributed by atoms with van der Waals surface area (Å²) in [5.74, 6) is 0.371. The molecule has 1 aromatic heterocycles. The summed E-state index contributed by atoms with van der Waals surface area (Å²) in [4.78, 5) is 18.5. The number of hydrogen-bond acceptors (Lipinski definition) is 7. The first kappa shape index (κ1) is 16.1. The van der Waals surface area contributed by atoms with E-state index >= 15 is 0 Å². The Morgan fingerprint density at radius 2 is 2.05 bits per heavy atom. The maximum Gasteiger partial charge on any atom is 0.353 e. The topological polar surface area (TPSA) is 113 Å². The molecule has 1 heterocycles. The van der Waals surface area contributed by atoms with Crippen LogP contribution in [0.15, 0.2) is 6.33 Å². The Labute approximate surface area is 117 Å². The monoisotopic (exact) mass is 283 g/mol. The van der Waals surface area contributed by atoms with Gasteiger partial charge in [-0.3, -0.25) is 10.1 Å². The Morgan fingerprint density at radius 1 is 1.40 bits per heavy atom. The van der Waals surface area contributed by atoms with E-state index in [1.54, 1.807) is 6.92 Å². The molecule has 0 radical (unpaired) electrons. The number of aliphatic hydroxyl groups excluding tert-OH is 1. The number of aliphatic hydroxyl groups is 1. The first-order valence-electron chi connectivity index (χ1n) is 6.63. The van der Waals surface area contributed by atoms with Crippen molar-refractivity contribution in [3.63, 3.8) is 0 Å². The van der Waals surface area contributed by atoms with E-state index in [1.807, 2.05) is 13.8 Å². The van der Waals surface area contributed by atoms with Crippen LogP contribution in [0.4, 0.5) is 17.3 Å². The number of aromatic nitrogens is 2. The molecule has 0 spiro atoms. The van der Waals surface area contributed by atoms with Gasteiger partial charge in [0, 0.05) is 12.6 Å². The molecule has 0 aromatic carbocycles. The zero-order valence-electron chi connectivity index (χ0n) is 12.0. The van der Waals surface area contributed by atoms with Crippen LogP contribution in [0.2, 0.25) is 0 Å². The van der Waals surface area contributed by atoms with Gasteiger partial charge in [0.15, 0.2) is 0 Å². The minimum atomic E-state index is -0.505. The molecular formula is C12H21N5O3. The highest BCUT2D eigenvalue weighted by atomic mass is 16.6. The minimum absolute atomic E-state index is 0.136. The summed E-state index contributed by atoms with van der Waals surface area (Å²) in [6.45, 7) is 6.06. The third-order valence-corrected chi connectivity index (χ3v) is 2.63. The molecule has 0 aliphatic rings. The van der Waals surface area contributed by atoms with Gasteiger partial charge in [-0.15, -0.1) is 0 Å². The van der Waals surface area contributed by atoms with Crippen LogP contribution in [-0.4, -0.2) is 38.7 Å². The second-order valence-corrected chi connectivity index (χ2v) is 4.73. The van der Waals surface area contributed by atoms with Crippen molar-refractivity contribution in [1.29, 1.82) is 0 Å². The fraction of sp³-hybridized carbons (Fsp3) is 0.667. The highest BCUT2D eigenvalue weighted by Gasteiger charge is 2.23. The molecule has 0 bridgehead atoms. The normalized spacial score (nSPS) is 13.6. The van der Waals surface area contributed by atoms with Crippen molar-refractivity contribution < 1.29 is 10.0 Å². The van der Waals surface area contributed by atoms with Crippen LogP contribution in [0.25, 0.3) is 0 Å². The van der Waals surface area contributed by atoms with Crippen molar-refractivity contribution in [2.45, 2.75) is 45.8 Å². The van der Waals surface area contributed by atoms with Crippen LogP contribution in [-0.2, 0) is 0 Å². The summed E-state index contributed by atoms with van der Waals surface area (Å²) in [6.07, 6.45) is 2.10. The zero-order valence-corrected chi connectivity index (χ0v) is 12.0. The SMILES string of the molecule is CCCNc1ncnc(NC(C)CC(C)O)c1[N+](=O)[O-]. The Kier molecular flexibility index (Phi) is 6.10. The summed E-state index contributed by atoms with van der Waals surface area (Å²) in [6, 6.07) is -0.136. The summed E-state index contributed by atoms with van der Waals surface area (Å²) in [5.41, 5.74) is -0.168. The molecule has 0 aliphatic heterocycles. The highest BCUT2D eigenvalue weighted by molar-refractivity contribution is 5.69. The van der Waals surface area contributed by atoms with E-state index in [1.165, 1.54) is 6.33 Å². The third-order valence-electron chi connectivity index (χ3n) is 2.63. The van der Waals surface area contributed by atoms with Crippen molar-refractivity contribution in [2.75, 3.05) is 17.2 Å². The van der Waals surface area contributed by atoms with Gasteiger partial charge in [0.2, 0.25) is 11.6 Å². The number of nitrogens with one attached hydrogen (secondary N) is 2. The van der Waals surface area contributed by atoms with Crippen LogP contribution in [0.1, 0.15) is 33.6 Å². The van der Waals surface area contributed by atoms with Gasteiger partial charge in [0.25, 0.3) is 0 Å². The minimum Gasteiger partial charge on any atom is -0.393 e. The number of nitro groups is 1. The number of nitrogens with zero attached hydrogens (tertiary/aromatic N) is 3. The molecule has 0 amide bonds. The maximum atomic E-state index is 11.2. The van der Waals surface area contributed by atoms with Gasteiger partial charge in [-0.1, -0.05) is 6.92 Å². The van der Waals surface area contributed by atoms with Gasteiger partial charge >= 0.3 is 5.69 Å².